The van der Waals surface area contributed by atoms with Crippen LogP contribution in [-0.4, -0.2) is 22.2 Å². The van der Waals surface area contributed by atoms with Crippen molar-refractivity contribution in [3.05, 3.63) is 54.2 Å². The summed E-state index contributed by atoms with van der Waals surface area (Å²) in [5.74, 6) is 1.13. The van der Waals surface area contributed by atoms with E-state index in [9.17, 15) is 0 Å². The smallest absolute Gasteiger partial charge is 0.322 e. The molecule has 0 saturated carbocycles. The first-order chi connectivity index (χ1) is 10.4. The zero-order valence-electron chi connectivity index (χ0n) is 11.5. The van der Waals surface area contributed by atoms with Crippen LogP contribution in [0.4, 0.5) is 6.01 Å². The monoisotopic (exact) mass is 282 g/mol. The summed E-state index contributed by atoms with van der Waals surface area (Å²) >= 11 is 0. The van der Waals surface area contributed by atoms with Crippen LogP contribution in [0.3, 0.4) is 0 Å². The van der Waals surface area contributed by atoms with Crippen molar-refractivity contribution in [2.45, 2.75) is 6.54 Å². The molecule has 106 valence electrons. The number of anilines is 1. The Morgan fingerprint density at radius 2 is 2.00 bits per heavy atom. The van der Waals surface area contributed by atoms with E-state index in [0.717, 1.165) is 11.1 Å². The van der Waals surface area contributed by atoms with Crippen LogP contribution >= 0.6 is 0 Å². The van der Waals surface area contributed by atoms with Gasteiger partial charge in [-0.05, 0) is 6.07 Å². The molecule has 2 heterocycles. The Labute approximate surface area is 121 Å². The SMILES string of the molecule is COc1ncccc1CNc1nc(-c2ccccc2)no1. The highest BCUT2D eigenvalue weighted by atomic mass is 16.5. The van der Waals surface area contributed by atoms with Crippen LogP contribution in [0, 0.1) is 0 Å². The summed E-state index contributed by atoms with van der Waals surface area (Å²) in [7, 11) is 1.59. The van der Waals surface area contributed by atoms with Gasteiger partial charge in [-0.25, -0.2) is 4.98 Å². The number of hydrogen-bond donors (Lipinski definition) is 1. The Kier molecular flexibility index (Phi) is 3.77. The normalized spacial score (nSPS) is 10.3. The molecule has 1 aromatic carbocycles. The van der Waals surface area contributed by atoms with E-state index in [4.69, 9.17) is 9.26 Å². The summed E-state index contributed by atoms with van der Waals surface area (Å²) in [6.45, 7) is 0.493. The van der Waals surface area contributed by atoms with Gasteiger partial charge in [-0.15, -0.1) is 0 Å². The van der Waals surface area contributed by atoms with E-state index in [0.29, 0.717) is 24.3 Å². The fraction of sp³-hybridized carbons (Fsp3) is 0.133. The zero-order valence-corrected chi connectivity index (χ0v) is 11.5. The van der Waals surface area contributed by atoms with Crippen molar-refractivity contribution >= 4 is 6.01 Å². The quantitative estimate of drug-likeness (QED) is 0.775. The van der Waals surface area contributed by atoms with Gasteiger partial charge < -0.3 is 14.6 Å². The maximum absolute atomic E-state index is 5.19. The van der Waals surface area contributed by atoms with E-state index < -0.39 is 0 Å². The highest BCUT2D eigenvalue weighted by molar-refractivity contribution is 5.54. The molecule has 0 saturated heterocycles. The van der Waals surface area contributed by atoms with Crippen LogP contribution in [0.5, 0.6) is 5.88 Å². The van der Waals surface area contributed by atoms with Crippen molar-refractivity contribution in [3.63, 3.8) is 0 Å². The first kappa shape index (κ1) is 13.1. The first-order valence-electron chi connectivity index (χ1n) is 6.47. The molecule has 6 heteroatoms. The molecule has 0 fully saturated rings. The summed E-state index contributed by atoms with van der Waals surface area (Å²) in [6, 6.07) is 13.8. The molecule has 0 aliphatic heterocycles. The van der Waals surface area contributed by atoms with Gasteiger partial charge in [-0.2, -0.15) is 4.98 Å². The molecular weight excluding hydrogens is 268 g/mol. The molecule has 6 nitrogen and oxygen atoms in total. The molecule has 1 N–H and O–H groups in total. The Balaban J connectivity index is 1.71. The molecule has 3 rings (SSSR count). The number of pyridine rings is 1. The Morgan fingerprint density at radius 3 is 2.81 bits per heavy atom. The lowest BCUT2D eigenvalue weighted by atomic mass is 10.2. The molecular formula is C15H14N4O2. The topological polar surface area (TPSA) is 73.1 Å². The largest absolute Gasteiger partial charge is 0.481 e. The zero-order chi connectivity index (χ0) is 14.5. The fourth-order valence-electron chi connectivity index (χ4n) is 1.91. The maximum atomic E-state index is 5.19. The molecule has 0 atom stereocenters. The van der Waals surface area contributed by atoms with Gasteiger partial charge >= 0.3 is 6.01 Å². The number of hydrogen-bond acceptors (Lipinski definition) is 6. The number of methoxy groups -OCH3 is 1. The Hall–Kier alpha value is -2.89. The third kappa shape index (κ3) is 3.00. The highest BCUT2D eigenvalue weighted by Crippen LogP contribution is 2.19. The van der Waals surface area contributed by atoms with Gasteiger partial charge in [-0.1, -0.05) is 41.6 Å². The van der Waals surface area contributed by atoms with Gasteiger partial charge in [-0.3, -0.25) is 0 Å². The van der Waals surface area contributed by atoms with Crippen LogP contribution in [0.25, 0.3) is 11.4 Å². The van der Waals surface area contributed by atoms with Gasteiger partial charge in [0.25, 0.3) is 0 Å². The van der Waals surface area contributed by atoms with Gasteiger partial charge in [0.05, 0.1) is 7.11 Å². The van der Waals surface area contributed by atoms with Crippen molar-refractivity contribution in [2.75, 3.05) is 12.4 Å². The van der Waals surface area contributed by atoms with Crippen molar-refractivity contribution < 1.29 is 9.26 Å². The minimum atomic E-state index is 0.361. The second kappa shape index (κ2) is 6.04. The number of aromatic nitrogens is 3. The molecule has 21 heavy (non-hydrogen) atoms. The van der Waals surface area contributed by atoms with E-state index in [-0.39, 0.29) is 0 Å². The van der Waals surface area contributed by atoms with E-state index in [1.54, 1.807) is 13.3 Å². The van der Waals surface area contributed by atoms with Crippen LogP contribution in [0.2, 0.25) is 0 Å². The summed E-state index contributed by atoms with van der Waals surface area (Å²) in [5, 5.41) is 7.01. The third-order valence-electron chi connectivity index (χ3n) is 2.93. The van der Waals surface area contributed by atoms with Crippen LogP contribution in [0.15, 0.2) is 53.2 Å². The average Bonchev–Trinajstić information content (AvgIpc) is 3.03. The number of nitrogens with one attached hydrogen (secondary N) is 1. The minimum Gasteiger partial charge on any atom is -0.481 e. The summed E-state index contributed by atoms with van der Waals surface area (Å²) in [5.41, 5.74) is 1.83. The summed E-state index contributed by atoms with van der Waals surface area (Å²) < 4.78 is 10.4. The molecule has 0 unspecified atom stereocenters. The second-order valence-electron chi connectivity index (χ2n) is 4.31. The van der Waals surface area contributed by atoms with Gasteiger partial charge in [0.1, 0.15) is 0 Å². The van der Waals surface area contributed by atoms with Crippen LogP contribution < -0.4 is 10.1 Å². The van der Waals surface area contributed by atoms with Crippen molar-refractivity contribution in [2.24, 2.45) is 0 Å². The molecule has 0 radical (unpaired) electrons. The molecule has 0 spiro atoms. The van der Waals surface area contributed by atoms with Crippen molar-refractivity contribution in [1.82, 2.24) is 15.1 Å². The third-order valence-corrected chi connectivity index (χ3v) is 2.93. The first-order valence-corrected chi connectivity index (χ1v) is 6.47. The van der Waals surface area contributed by atoms with E-state index in [2.05, 4.69) is 20.4 Å². The van der Waals surface area contributed by atoms with E-state index in [1.807, 2.05) is 42.5 Å². The number of nitrogens with zero attached hydrogens (tertiary/aromatic N) is 3. The molecule has 0 bridgehead atoms. The van der Waals surface area contributed by atoms with Gasteiger partial charge in [0.2, 0.25) is 11.7 Å². The number of rotatable bonds is 5. The number of benzene rings is 1. The summed E-state index contributed by atoms with van der Waals surface area (Å²) in [4.78, 5) is 8.43. The second-order valence-corrected chi connectivity index (χ2v) is 4.31. The van der Waals surface area contributed by atoms with Crippen LogP contribution in [0.1, 0.15) is 5.56 Å². The minimum absolute atomic E-state index is 0.361. The van der Waals surface area contributed by atoms with Gasteiger partial charge in [0, 0.05) is 23.9 Å². The Bertz CT molecular complexity index is 712. The maximum Gasteiger partial charge on any atom is 0.322 e. The van der Waals surface area contributed by atoms with Gasteiger partial charge in [0.15, 0.2) is 0 Å². The molecule has 0 aliphatic carbocycles. The van der Waals surface area contributed by atoms with Crippen molar-refractivity contribution in [3.8, 4) is 17.3 Å². The number of ether oxygens (including phenoxy) is 1. The predicted molar refractivity (Wildman–Crippen MR) is 77.8 cm³/mol. The molecule has 0 amide bonds. The standard InChI is InChI=1S/C15H14N4O2/c1-20-14-12(8-5-9-16-14)10-17-15-18-13(19-21-15)11-6-3-2-4-7-11/h2-9H,10H2,1H3,(H,17,18,19). The highest BCUT2D eigenvalue weighted by Gasteiger charge is 2.09. The average molecular weight is 282 g/mol. The van der Waals surface area contributed by atoms with Crippen LogP contribution in [-0.2, 0) is 6.54 Å². The van der Waals surface area contributed by atoms with E-state index in [1.165, 1.54) is 0 Å². The molecule has 2 aromatic heterocycles. The lowest BCUT2D eigenvalue weighted by Gasteiger charge is -2.06. The molecule has 3 aromatic rings. The summed E-state index contributed by atoms with van der Waals surface area (Å²) in [6.07, 6.45) is 1.68. The Morgan fingerprint density at radius 1 is 1.14 bits per heavy atom. The lowest BCUT2D eigenvalue weighted by molar-refractivity contribution is 0.392. The van der Waals surface area contributed by atoms with Crippen molar-refractivity contribution in [1.29, 1.82) is 0 Å². The lowest BCUT2D eigenvalue weighted by Crippen LogP contribution is -2.02. The molecule has 0 aliphatic rings. The van der Waals surface area contributed by atoms with E-state index >= 15 is 0 Å². The fourth-order valence-corrected chi connectivity index (χ4v) is 1.91. The predicted octanol–water partition coefficient (Wildman–Crippen LogP) is 2.75.